The molecule has 1 atom stereocenters. The third-order valence-electron chi connectivity index (χ3n) is 2.76. The Balaban J connectivity index is 2.42. The van der Waals surface area contributed by atoms with Crippen molar-refractivity contribution >= 4 is 23.5 Å². The lowest BCUT2D eigenvalue weighted by Gasteiger charge is -2.13. The topological polar surface area (TPSA) is 66.4 Å². The molecule has 0 heterocycles. The third kappa shape index (κ3) is 5.75. The van der Waals surface area contributed by atoms with Gasteiger partial charge in [0, 0.05) is 11.4 Å². The van der Waals surface area contributed by atoms with E-state index in [1.54, 1.807) is 12.1 Å². The average Bonchev–Trinajstić information content (AvgIpc) is 2.37. The highest BCUT2D eigenvalue weighted by Gasteiger charge is 2.18. The van der Waals surface area contributed by atoms with Crippen LogP contribution in [0.25, 0.3) is 0 Å². The molecule has 0 aliphatic heterocycles. The standard InChI is InChI=1S/C14H18ClNO3/c1-2-3-12(14(18)19)16-13(17)9-6-10-4-7-11(15)8-5-10/h4-5,7-8,12H,2-3,6,9H2,1H3,(H,16,17)(H,18,19). The molecule has 2 N–H and O–H groups in total. The summed E-state index contributed by atoms with van der Waals surface area (Å²) >= 11 is 5.77. The molecule has 0 saturated carbocycles. The number of nitrogens with one attached hydrogen (secondary N) is 1. The molecule has 104 valence electrons. The maximum atomic E-state index is 11.7. The summed E-state index contributed by atoms with van der Waals surface area (Å²) in [7, 11) is 0. The number of carbonyl (C=O) groups is 2. The molecule has 5 heteroatoms. The van der Waals surface area contributed by atoms with Crippen LogP contribution in [0.3, 0.4) is 0 Å². The second kappa shape index (κ2) is 7.79. The first-order valence-corrected chi connectivity index (χ1v) is 6.67. The average molecular weight is 284 g/mol. The van der Waals surface area contributed by atoms with Crippen molar-refractivity contribution in [1.82, 2.24) is 5.32 Å². The lowest BCUT2D eigenvalue weighted by molar-refractivity contribution is -0.142. The monoisotopic (exact) mass is 283 g/mol. The van der Waals surface area contributed by atoms with Crippen LogP contribution in [-0.4, -0.2) is 23.0 Å². The number of hydrogen-bond donors (Lipinski definition) is 2. The summed E-state index contributed by atoms with van der Waals surface area (Å²) in [6.45, 7) is 1.88. The molecule has 0 spiro atoms. The van der Waals surface area contributed by atoms with Crippen molar-refractivity contribution < 1.29 is 14.7 Å². The van der Waals surface area contributed by atoms with Crippen molar-refractivity contribution in [3.05, 3.63) is 34.9 Å². The lowest BCUT2D eigenvalue weighted by Crippen LogP contribution is -2.40. The SMILES string of the molecule is CCCC(NC(=O)CCc1ccc(Cl)cc1)C(=O)O. The summed E-state index contributed by atoms with van der Waals surface area (Å²) < 4.78 is 0. The Morgan fingerprint density at radius 1 is 1.32 bits per heavy atom. The van der Waals surface area contributed by atoms with Crippen LogP contribution in [0.1, 0.15) is 31.7 Å². The van der Waals surface area contributed by atoms with Gasteiger partial charge < -0.3 is 10.4 Å². The van der Waals surface area contributed by atoms with Crippen molar-refractivity contribution in [1.29, 1.82) is 0 Å². The van der Waals surface area contributed by atoms with Crippen LogP contribution < -0.4 is 5.32 Å². The molecule has 0 aromatic heterocycles. The molecule has 0 saturated heterocycles. The van der Waals surface area contributed by atoms with E-state index in [1.807, 2.05) is 19.1 Å². The highest BCUT2D eigenvalue weighted by Crippen LogP contribution is 2.11. The molecule has 0 bridgehead atoms. The van der Waals surface area contributed by atoms with Gasteiger partial charge in [-0.3, -0.25) is 4.79 Å². The normalized spacial score (nSPS) is 11.9. The summed E-state index contributed by atoms with van der Waals surface area (Å²) in [5, 5.41) is 12.1. The third-order valence-corrected chi connectivity index (χ3v) is 3.02. The molecule has 4 nitrogen and oxygen atoms in total. The highest BCUT2D eigenvalue weighted by atomic mass is 35.5. The Morgan fingerprint density at radius 3 is 2.47 bits per heavy atom. The van der Waals surface area contributed by atoms with E-state index in [9.17, 15) is 9.59 Å². The van der Waals surface area contributed by atoms with Crippen molar-refractivity contribution in [3.63, 3.8) is 0 Å². The molecule has 0 fully saturated rings. The molecule has 1 amide bonds. The van der Waals surface area contributed by atoms with Gasteiger partial charge >= 0.3 is 5.97 Å². The second-order valence-electron chi connectivity index (χ2n) is 4.37. The first-order valence-electron chi connectivity index (χ1n) is 6.29. The quantitative estimate of drug-likeness (QED) is 0.808. The van der Waals surface area contributed by atoms with Gasteiger partial charge in [0.15, 0.2) is 0 Å². The van der Waals surface area contributed by atoms with Crippen LogP contribution in [0.2, 0.25) is 5.02 Å². The zero-order valence-corrected chi connectivity index (χ0v) is 11.6. The summed E-state index contributed by atoms with van der Waals surface area (Å²) in [5.74, 6) is -1.22. The van der Waals surface area contributed by atoms with E-state index in [4.69, 9.17) is 16.7 Å². The second-order valence-corrected chi connectivity index (χ2v) is 4.81. The first-order chi connectivity index (χ1) is 9.02. The Kier molecular flexibility index (Phi) is 6.36. The van der Waals surface area contributed by atoms with E-state index in [0.717, 1.165) is 5.56 Å². The molecule has 1 aromatic carbocycles. The van der Waals surface area contributed by atoms with Crippen LogP contribution in [0.5, 0.6) is 0 Å². The van der Waals surface area contributed by atoms with Gasteiger partial charge in [-0.25, -0.2) is 4.79 Å². The molecule has 0 aliphatic carbocycles. The minimum Gasteiger partial charge on any atom is -0.480 e. The Morgan fingerprint density at radius 2 is 1.95 bits per heavy atom. The van der Waals surface area contributed by atoms with Crippen molar-refractivity contribution in [2.75, 3.05) is 0 Å². The van der Waals surface area contributed by atoms with E-state index >= 15 is 0 Å². The van der Waals surface area contributed by atoms with Gasteiger partial charge in [-0.15, -0.1) is 0 Å². The summed E-state index contributed by atoms with van der Waals surface area (Å²) in [5.41, 5.74) is 1.00. The zero-order valence-electron chi connectivity index (χ0n) is 10.9. The summed E-state index contributed by atoms with van der Waals surface area (Å²) in [6.07, 6.45) is 2.01. The molecule has 0 aliphatic rings. The Bertz CT molecular complexity index is 431. The fourth-order valence-corrected chi connectivity index (χ4v) is 1.85. The largest absolute Gasteiger partial charge is 0.480 e. The van der Waals surface area contributed by atoms with Gasteiger partial charge in [0.25, 0.3) is 0 Å². The van der Waals surface area contributed by atoms with Crippen molar-refractivity contribution in [2.24, 2.45) is 0 Å². The van der Waals surface area contributed by atoms with Gasteiger partial charge in [0.1, 0.15) is 6.04 Å². The fourth-order valence-electron chi connectivity index (χ4n) is 1.72. The van der Waals surface area contributed by atoms with Gasteiger partial charge in [-0.2, -0.15) is 0 Å². The smallest absolute Gasteiger partial charge is 0.326 e. The number of amides is 1. The number of carboxylic acids is 1. The molecule has 1 unspecified atom stereocenters. The molecular formula is C14H18ClNO3. The van der Waals surface area contributed by atoms with Gasteiger partial charge in [-0.1, -0.05) is 37.1 Å². The number of rotatable bonds is 7. The number of hydrogen-bond acceptors (Lipinski definition) is 2. The van der Waals surface area contributed by atoms with E-state index in [0.29, 0.717) is 24.3 Å². The van der Waals surface area contributed by atoms with Crippen LogP contribution in [0.4, 0.5) is 0 Å². The minimum absolute atomic E-state index is 0.240. The number of carboxylic acid groups (broad SMARTS) is 1. The predicted octanol–water partition coefficient (Wildman–Crippen LogP) is 2.64. The molecular weight excluding hydrogens is 266 g/mol. The number of halogens is 1. The highest BCUT2D eigenvalue weighted by molar-refractivity contribution is 6.30. The minimum atomic E-state index is -0.985. The van der Waals surface area contributed by atoms with Gasteiger partial charge in [-0.05, 0) is 30.5 Å². The number of carbonyl (C=O) groups excluding carboxylic acids is 1. The maximum Gasteiger partial charge on any atom is 0.326 e. The summed E-state index contributed by atoms with van der Waals surface area (Å²) in [4.78, 5) is 22.6. The maximum absolute atomic E-state index is 11.7. The van der Waals surface area contributed by atoms with E-state index in [1.165, 1.54) is 0 Å². The van der Waals surface area contributed by atoms with Crippen molar-refractivity contribution in [3.8, 4) is 0 Å². The predicted molar refractivity (Wildman–Crippen MR) is 74.2 cm³/mol. The molecule has 1 aromatic rings. The van der Waals surface area contributed by atoms with E-state index in [-0.39, 0.29) is 12.3 Å². The van der Waals surface area contributed by atoms with Gasteiger partial charge in [0.2, 0.25) is 5.91 Å². The van der Waals surface area contributed by atoms with Gasteiger partial charge in [0.05, 0.1) is 0 Å². The first kappa shape index (κ1) is 15.5. The van der Waals surface area contributed by atoms with Crippen LogP contribution >= 0.6 is 11.6 Å². The number of benzene rings is 1. The zero-order chi connectivity index (χ0) is 14.3. The molecule has 0 radical (unpaired) electrons. The van der Waals surface area contributed by atoms with E-state index < -0.39 is 12.0 Å². The van der Waals surface area contributed by atoms with Crippen LogP contribution in [-0.2, 0) is 16.0 Å². The van der Waals surface area contributed by atoms with Crippen LogP contribution in [0, 0.1) is 0 Å². The Labute approximate surface area is 117 Å². The fraction of sp³-hybridized carbons (Fsp3) is 0.429. The number of aliphatic carboxylic acids is 1. The molecule has 1 rings (SSSR count). The van der Waals surface area contributed by atoms with Crippen LogP contribution in [0.15, 0.2) is 24.3 Å². The summed E-state index contributed by atoms with van der Waals surface area (Å²) in [6, 6.07) is 6.47. The van der Waals surface area contributed by atoms with Crippen molar-refractivity contribution in [2.45, 2.75) is 38.6 Å². The van der Waals surface area contributed by atoms with E-state index in [2.05, 4.69) is 5.32 Å². The lowest BCUT2D eigenvalue weighted by atomic mass is 10.1. The molecule has 19 heavy (non-hydrogen) atoms. The Hall–Kier alpha value is -1.55. The number of aryl methyl sites for hydroxylation is 1.